The van der Waals surface area contributed by atoms with Crippen molar-refractivity contribution in [2.75, 3.05) is 38.2 Å². The fourth-order valence-electron chi connectivity index (χ4n) is 5.87. The van der Waals surface area contributed by atoms with Gasteiger partial charge in [-0.25, -0.2) is 9.97 Å². The van der Waals surface area contributed by atoms with Crippen molar-refractivity contribution >= 4 is 27.4 Å². The van der Waals surface area contributed by atoms with Crippen LogP contribution >= 0.6 is 11.3 Å². The molecule has 7 heteroatoms. The summed E-state index contributed by atoms with van der Waals surface area (Å²) >= 11 is 1.91. The van der Waals surface area contributed by atoms with Crippen LogP contribution in [0.5, 0.6) is 0 Å². The molecule has 30 heavy (non-hydrogen) atoms. The topological polar surface area (TPSA) is 59.5 Å². The van der Waals surface area contributed by atoms with Gasteiger partial charge in [-0.2, -0.15) is 0 Å². The van der Waals surface area contributed by atoms with Crippen LogP contribution in [-0.4, -0.2) is 59.9 Å². The van der Waals surface area contributed by atoms with Crippen molar-refractivity contribution in [2.45, 2.75) is 70.1 Å². The molecule has 2 aromatic heterocycles. The lowest BCUT2D eigenvalue weighted by Gasteiger charge is -2.34. The molecule has 0 spiro atoms. The highest BCUT2D eigenvalue weighted by Crippen LogP contribution is 2.41. The van der Waals surface area contributed by atoms with E-state index in [2.05, 4.69) is 10.2 Å². The molecule has 3 unspecified atom stereocenters. The average Bonchev–Trinajstić information content (AvgIpc) is 3.39. The van der Waals surface area contributed by atoms with Gasteiger partial charge in [0.15, 0.2) is 0 Å². The van der Waals surface area contributed by atoms with E-state index in [4.69, 9.17) is 19.4 Å². The predicted octanol–water partition coefficient (Wildman–Crippen LogP) is 3.77. The van der Waals surface area contributed by atoms with Crippen molar-refractivity contribution in [3.8, 4) is 0 Å². The predicted molar refractivity (Wildman–Crippen MR) is 119 cm³/mol. The Morgan fingerprint density at radius 2 is 1.90 bits per heavy atom. The number of aryl methyl sites for hydroxylation is 2. The highest BCUT2D eigenvalue weighted by molar-refractivity contribution is 7.19. The van der Waals surface area contributed by atoms with Gasteiger partial charge < -0.3 is 14.8 Å². The van der Waals surface area contributed by atoms with Gasteiger partial charge in [0.2, 0.25) is 0 Å². The first kappa shape index (κ1) is 19.4. The molecule has 1 saturated carbocycles. The fourth-order valence-corrected chi connectivity index (χ4v) is 7.15. The third-order valence-electron chi connectivity index (χ3n) is 7.43. The Balaban J connectivity index is 1.36. The molecule has 3 fully saturated rings. The van der Waals surface area contributed by atoms with Gasteiger partial charge in [0.05, 0.1) is 31.2 Å². The first-order valence-electron chi connectivity index (χ1n) is 11.8. The monoisotopic (exact) mass is 428 g/mol. The molecule has 2 saturated heterocycles. The Morgan fingerprint density at radius 3 is 2.83 bits per heavy atom. The molecule has 0 bridgehead atoms. The number of fused-ring (bicyclic) bond motifs is 4. The number of anilines is 1. The van der Waals surface area contributed by atoms with E-state index in [9.17, 15) is 0 Å². The summed E-state index contributed by atoms with van der Waals surface area (Å²) in [4.78, 5) is 15.4. The van der Waals surface area contributed by atoms with Crippen LogP contribution < -0.4 is 5.32 Å². The maximum Gasteiger partial charge on any atom is 0.146 e. The lowest BCUT2D eigenvalue weighted by molar-refractivity contribution is 0.0331. The van der Waals surface area contributed by atoms with E-state index in [1.165, 1.54) is 67.1 Å². The lowest BCUT2D eigenvalue weighted by Crippen LogP contribution is -2.39. The molecule has 0 aromatic carbocycles. The highest BCUT2D eigenvalue weighted by atomic mass is 32.1. The zero-order chi connectivity index (χ0) is 19.9. The van der Waals surface area contributed by atoms with E-state index >= 15 is 0 Å². The number of ether oxygens (including phenoxy) is 2. The standard InChI is InChI=1S/C23H32N4O2S/c1-2-7-19-16(4-1)21-22(24-17-5-3-6-18-15(17)8-11-29-18)25-20(26-23(21)30-19)14-27-9-12-28-13-10-27/h15,17-18H,1-14H2,(H,24,25,26). The number of hydrogen-bond donors (Lipinski definition) is 1. The quantitative estimate of drug-likeness (QED) is 0.800. The third kappa shape index (κ3) is 3.64. The molecule has 0 radical (unpaired) electrons. The zero-order valence-electron chi connectivity index (χ0n) is 17.7. The second-order valence-electron chi connectivity index (χ2n) is 9.31. The second-order valence-corrected chi connectivity index (χ2v) is 10.4. The molecule has 2 aliphatic heterocycles. The first-order valence-corrected chi connectivity index (χ1v) is 12.7. The van der Waals surface area contributed by atoms with Crippen LogP contribution in [0.1, 0.15) is 54.8 Å². The van der Waals surface area contributed by atoms with Gasteiger partial charge in [0.25, 0.3) is 0 Å². The van der Waals surface area contributed by atoms with Crippen LogP contribution in [0, 0.1) is 5.92 Å². The molecule has 3 atom stereocenters. The molecule has 4 heterocycles. The summed E-state index contributed by atoms with van der Waals surface area (Å²) in [6.45, 7) is 5.29. The van der Waals surface area contributed by atoms with Crippen molar-refractivity contribution in [3.63, 3.8) is 0 Å². The molecule has 4 aliphatic rings. The highest BCUT2D eigenvalue weighted by Gasteiger charge is 2.38. The van der Waals surface area contributed by atoms with Crippen molar-refractivity contribution in [2.24, 2.45) is 5.92 Å². The molecule has 6 nitrogen and oxygen atoms in total. The summed E-state index contributed by atoms with van der Waals surface area (Å²) in [6.07, 6.45) is 10.3. The van der Waals surface area contributed by atoms with Gasteiger partial charge in [0, 0.05) is 36.5 Å². The van der Waals surface area contributed by atoms with E-state index < -0.39 is 0 Å². The Morgan fingerprint density at radius 1 is 1.00 bits per heavy atom. The van der Waals surface area contributed by atoms with E-state index in [0.29, 0.717) is 18.1 Å². The van der Waals surface area contributed by atoms with E-state index in [0.717, 1.165) is 51.1 Å². The minimum atomic E-state index is 0.442. The van der Waals surface area contributed by atoms with E-state index in [1.54, 1.807) is 4.88 Å². The number of aromatic nitrogens is 2. The fraction of sp³-hybridized carbons (Fsp3) is 0.739. The molecule has 1 N–H and O–H groups in total. The third-order valence-corrected chi connectivity index (χ3v) is 8.62. The van der Waals surface area contributed by atoms with Crippen molar-refractivity contribution < 1.29 is 9.47 Å². The van der Waals surface area contributed by atoms with Crippen LogP contribution in [-0.2, 0) is 28.9 Å². The largest absolute Gasteiger partial charge is 0.379 e. The van der Waals surface area contributed by atoms with E-state index in [1.807, 2.05) is 11.3 Å². The second kappa shape index (κ2) is 8.34. The SMILES string of the molecule is C1CCc2c(sc3nc(CN4CCOCC4)nc(NC4CCCC5OCCC45)c23)C1. The maximum absolute atomic E-state index is 6.02. The number of hydrogen-bond acceptors (Lipinski definition) is 7. The molecule has 0 amide bonds. The molecular formula is C23H32N4O2S. The Bertz CT molecular complexity index is 910. The van der Waals surface area contributed by atoms with Crippen molar-refractivity contribution in [1.29, 1.82) is 0 Å². The molecule has 2 aromatic rings. The lowest BCUT2D eigenvalue weighted by atomic mass is 9.81. The summed E-state index contributed by atoms with van der Waals surface area (Å²) in [5, 5.41) is 5.26. The van der Waals surface area contributed by atoms with Crippen LogP contribution in [0.2, 0.25) is 0 Å². The maximum atomic E-state index is 6.02. The molecule has 162 valence electrons. The van der Waals surface area contributed by atoms with Crippen LogP contribution in [0.15, 0.2) is 0 Å². The number of nitrogens with one attached hydrogen (secondary N) is 1. The van der Waals surface area contributed by atoms with E-state index in [-0.39, 0.29) is 0 Å². The molecular weight excluding hydrogens is 396 g/mol. The summed E-state index contributed by atoms with van der Waals surface area (Å²) in [5.74, 6) is 2.68. The minimum Gasteiger partial charge on any atom is -0.379 e. The smallest absolute Gasteiger partial charge is 0.146 e. The van der Waals surface area contributed by atoms with Gasteiger partial charge >= 0.3 is 0 Å². The van der Waals surface area contributed by atoms with Crippen molar-refractivity contribution in [3.05, 3.63) is 16.3 Å². The number of rotatable bonds is 4. The van der Waals surface area contributed by atoms with Crippen LogP contribution in [0.25, 0.3) is 10.2 Å². The molecule has 2 aliphatic carbocycles. The normalized spacial score (nSPS) is 29.7. The summed E-state index contributed by atoms with van der Waals surface area (Å²) in [6, 6.07) is 0.472. The summed E-state index contributed by atoms with van der Waals surface area (Å²) in [7, 11) is 0. The van der Waals surface area contributed by atoms with Crippen LogP contribution in [0.3, 0.4) is 0 Å². The summed E-state index contributed by atoms with van der Waals surface area (Å²) < 4.78 is 11.5. The van der Waals surface area contributed by atoms with Gasteiger partial charge in [-0.3, -0.25) is 4.90 Å². The number of nitrogens with zero attached hydrogens (tertiary/aromatic N) is 3. The first-order chi connectivity index (χ1) is 14.8. The Hall–Kier alpha value is -1.28. The van der Waals surface area contributed by atoms with Gasteiger partial charge in [0.1, 0.15) is 16.5 Å². The van der Waals surface area contributed by atoms with Crippen molar-refractivity contribution in [1.82, 2.24) is 14.9 Å². The minimum absolute atomic E-state index is 0.442. The van der Waals surface area contributed by atoms with Crippen LogP contribution in [0.4, 0.5) is 5.82 Å². The molecule has 6 rings (SSSR count). The average molecular weight is 429 g/mol. The number of thiophene rings is 1. The summed E-state index contributed by atoms with van der Waals surface area (Å²) in [5.41, 5.74) is 1.52. The van der Waals surface area contributed by atoms with Gasteiger partial charge in [-0.05, 0) is 56.9 Å². The Kier molecular flexibility index (Phi) is 5.39. The van der Waals surface area contributed by atoms with Gasteiger partial charge in [-0.15, -0.1) is 11.3 Å². The van der Waals surface area contributed by atoms with Gasteiger partial charge in [-0.1, -0.05) is 0 Å². The Labute approximate surface area is 182 Å². The number of morpholine rings is 1. The zero-order valence-corrected chi connectivity index (χ0v) is 18.5.